The van der Waals surface area contributed by atoms with Crippen molar-refractivity contribution in [2.75, 3.05) is 0 Å². The molecule has 2 atom stereocenters. The first-order valence-corrected chi connectivity index (χ1v) is 20.7. The van der Waals surface area contributed by atoms with Crippen LogP contribution in [0.3, 0.4) is 0 Å². The molecule has 2 aromatic rings. The predicted octanol–water partition coefficient (Wildman–Crippen LogP) is 9.32. The zero-order valence-electron chi connectivity index (χ0n) is 21.1. The Labute approximate surface area is 221 Å². The Bertz CT molecular complexity index is 1150. The van der Waals surface area contributed by atoms with Gasteiger partial charge in [-0.1, -0.05) is 0 Å². The molecule has 0 nitrogen and oxygen atoms in total. The van der Waals surface area contributed by atoms with Crippen LogP contribution in [-0.2, 0) is 20.4 Å². The van der Waals surface area contributed by atoms with Crippen molar-refractivity contribution in [3.05, 3.63) is 96.9 Å². The van der Waals surface area contributed by atoms with Crippen LogP contribution in [0.5, 0.6) is 0 Å². The summed E-state index contributed by atoms with van der Waals surface area (Å²) < 4.78 is 2.64. The van der Waals surface area contributed by atoms with Gasteiger partial charge in [0.15, 0.2) is 0 Å². The van der Waals surface area contributed by atoms with E-state index in [0.29, 0.717) is 9.54 Å². The zero-order chi connectivity index (χ0) is 22.3. The van der Waals surface area contributed by atoms with Gasteiger partial charge in [0.25, 0.3) is 0 Å². The molecule has 0 aromatic heterocycles. The first kappa shape index (κ1) is 28.6. The SMILES string of the molecule is CCCC1=C(c2ccccc2)c2ccccc2[CH]1[Zr]([C]1=C(C)C(C)=C(C)C1C)=[Si](C)C.Cl.Cl. The molecule has 2 unspecified atom stereocenters. The molecule has 0 aliphatic heterocycles. The number of allylic oxidation sites excluding steroid dienone is 5. The molecule has 0 N–H and O–H groups in total. The van der Waals surface area contributed by atoms with Crippen molar-refractivity contribution in [3.8, 4) is 0 Å². The second kappa shape index (κ2) is 11.9. The van der Waals surface area contributed by atoms with Crippen LogP contribution >= 0.6 is 24.8 Å². The number of fused-ring (bicyclic) bond motifs is 1. The zero-order valence-corrected chi connectivity index (χ0v) is 26.2. The molecule has 2 aliphatic rings. The third-order valence-corrected chi connectivity index (χ3v) is 26.3. The summed E-state index contributed by atoms with van der Waals surface area (Å²) in [5, 5.41) is 0. The van der Waals surface area contributed by atoms with E-state index in [9.17, 15) is 0 Å². The quantitative estimate of drug-likeness (QED) is 0.311. The number of hydrogen-bond donors (Lipinski definition) is 0. The molecular weight excluding hydrogens is 539 g/mol. The molecule has 0 spiro atoms. The van der Waals surface area contributed by atoms with Gasteiger partial charge < -0.3 is 0 Å². The van der Waals surface area contributed by atoms with Crippen LogP contribution in [0.1, 0.15) is 67.8 Å². The van der Waals surface area contributed by atoms with Gasteiger partial charge >= 0.3 is 198 Å². The Morgan fingerprint density at radius 2 is 1.45 bits per heavy atom. The summed E-state index contributed by atoms with van der Waals surface area (Å²) in [5.74, 6) is 0.658. The molecule has 176 valence electrons. The fourth-order valence-electron chi connectivity index (χ4n) is 5.81. The van der Waals surface area contributed by atoms with Crippen LogP contribution < -0.4 is 0 Å². The standard InChI is InChI=1S/C18H17.C9H13.C2H6Si.2ClH.Zr/c1-2-8-16-13-15-11-6-7-12-17(15)18(16)14-9-4-3-5-10-14;1-6-5-7(2)9(4)8(6)3;1-3-2;;;/h3-7,9-13H,2,8H2,1H3;6H,1-4H3;1-2H3;2*1H;. The maximum Gasteiger partial charge on any atom is -0.147 e. The van der Waals surface area contributed by atoms with E-state index in [2.05, 4.69) is 102 Å². The summed E-state index contributed by atoms with van der Waals surface area (Å²) in [6, 6.07) is 20.6. The van der Waals surface area contributed by atoms with Gasteiger partial charge in [-0.15, -0.1) is 24.8 Å². The van der Waals surface area contributed by atoms with E-state index in [4.69, 9.17) is 0 Å². The number of hydrogen-bond acceptors (Lipinski definition) is 0. The Hall–Kier alpha value is -0.660. The minimum atomic E-state index is -1.98. The summed E-state index contributed by atoms with van der Waals surface area (Å²) in [5.41, 5.74) is 12.4. The average Bonchev–Trinajstić information content (AvgIpc) is 3.18. The van der Waals surface area contributed by atoms with Gasteiger partial charge in [-0.05, 0) is 0 Å². The van der Waals surface area contributed by atoms with E-state index in [1.165, 1.54) is 24.0 Å². The first-order valence-electron chi connectivity index (χ1n) is 11.8. The summed E-state index contributed by atoms with van der Waals surface area (Å²) in [7, 11) is 0. The van der Waals surface area contributed by atoms with Crippen molar-refractivity contribution >= 4 is 35.8 Å². The van der Waals surface area contributed by atoms with Crippen molar-refractivity contribution in [1.82, 2.24) is 0 Å². The average molecular weight is 577 g/mol. The smallest absolute Gasteiger partial charge is 0.147 e. The maximum atomic E-state index is 2.63. The Kier molecular flexibility index (Phi) is 10.3. The molecule has 33 heavy (non-hydrogen) atoms. The molecule has 2 aromatic carbocycles. The van der Waals surface area contributed by atoms with E-state index in [1.807, 2.05) is 3.28 Å². The Morgan fingerprint density at radius 1 is 0.848 bits per heavy atom. The molecule has 0 radical (unpaired) electrons. The molecular formula is C29H38Cl2SiZr. The fraction of sp³-hybridized carbons (Fsp3) is 0.379. The number of rotatable bonds is 5. The largest absolute Gasteiger partial charge is 0.147 e. The van der Waals surface area contributed by atoms with Gasteiger partial charge in [-0.3, -0.25) is 0 Å². The van der Waals surface area contributed by atoms with E-state index in [-0.39, 0.29) is 30.2 Å². The van der Waals surface area contributed by atoms with Crippen LogP contribution in [-0.4, -0.2) is 5.43 Å². The third kappa shape index (κ3) is 5.02. The summed E-state index contributed by atoms with van der Waals surface area (Å²) in [6.07, 6.45) is 2.46. The van der Waals surface area contributed by atoms with Crippen LogP contribution in [0.15, 0.2) is 80.2 Å². The molecule has 0 fully saturated rings. The molecule has 4 heteroatoms. The molecule has 0 amide bonds. The minimum Gasteiger partial charge on any atom is -0.147 e. The van der Waals surface area contributed by atoms with Gasteiger partial charge in [-0.2, -0.15) is 0 Å². The Morgan fingerprint density at radius 3 is 2.00 bits per heavy atom. The molecule has 2 aliphatic carbocycles. The summed E-state index contributed by atoms with van der Waals surface area (Å²) >= 11 is -1.98. The molecule has 0 saturated heterocycles. The number of benzene rings is 2. The Balaban J connectivity index is 0.00000193. The van der Waals surface area contributed by atoms with E-state index in [1.54, 1.807) is 33.4 Å². The minimum absolute atomic E-state index is 0. The maximum absolute atomic E-state index is 2.63. The molecule has 0 bridgehead atoms. The second-order valence-electron chi connectivity index (χ2n) is 9.52. The monoisotopic (exact) mass is 574 g/mol. The number of halogens is 2. The van der Waals surface area contributed by atoms with E-state index >= 15 is 0 Å². The first-order chi connectivity index (χ1) is 14.9. The topological polar surface area (TPSA) is 0 Å². The van der Waals surface area contributed by atoms with Gasteiger partial charge in [-0.25, -0.2) is 0 Å². The molecule has 4 rings (SSSR count). The van der Waals surface area contributed by atoms with E-state index in [0.717, 1.165) is 0 Å². The van der Waals surface area contributed by atoms with Crippen molar-refractivity contribution < 1.29 is 20.4 Å². The predicted molar refractivity (Wildman–Crippen MR) is 149 cm³/mol. The van der Waals surface area contributed by atoms with Crippen molar-refractivity contribution in [2.45, 2.75) is 64.2 Å². The van der Waals surface area contributed by atoms with Crippen molar-refractivity contribution in [3.63, 3.8) is 0 Å². The summed E-state index contributed by atoms with van der Waals surface area (Å²) in [6.45, 7) is 17.3. The fourth-order valence-corrected chi connectivity index (χ4v) is 26.3. The van der Waals surface area contributed by atoms with Crippen LogP contribution in [0.4, 0.5) is 0 Å². The molecule has 0 heterocycles. The normalized spacial score (nSPS) is 19.4. The third-order valence-electron chi connectivity index (χ3n) is 7.55. The van der Waals surface area contributed by atoms with Crippen molar-refractivity contribution in [2.24, 2.45) is 5.92 Å². The van der Waals surface area contributed by atoms with E-state index < -0.39 is 20.4 Å². The van der Waals surface area contributed by atoms with Crippen molar-refractivity contribution in [1.29, 1.82) is 0 Å². The van der Waals surface area contributed by atoms with Gasteiger partial charge in [0.2, 0.25) is 0 Å². The van der Waals surface area contributed by atoms with Crippen LogP contribution in [0.25, 0.3) is 5.57 Å². The van der Waals surface area contributed by atoms with Gasteiger partial charge in [0.1, 0.15) is 0 Å². The van der Waals surface area contributed by atoms with Gasteiger partial charge in [0.05, 0.1) is 0 Å². The van der Waals surface area contributed by atoms with Gasteiger partial charge in [0, 0.05) is 0 Å². The summed E-state index contributed by atoms with van der Waals surface area (Å²) in [4.78, 5) is 0. The van der Waals surface area contributed by atoms with Crippen LogP contribution in [0.2, 0.25) is 13.1 Å². The second-order valence-corrected chi connectivity index (χ2v) is 26.9. The molecule has 0 saturated carbocycles. The van der Waals surface area contributed by atoms with Crippen LogP contribution in [0, 0.1) is 5.92 Å².